The summed E-state index contributed by atoms with van der Waals surface area (Å²) in [5.74, 6) is 0.329. The number of nitrogens with one attached hydrogen (secondary N) is 1. The number of rotatable bonds is 8. The maximum Gasteiger partial charge on any atom is 0.222 e. The Morgan fingerprint density at radius 2 is 1.81 bits per heavy atom. The number of hydrogen-bond acceptors (Lipinski definition) is 4. The van der Waals surface area contributed by atoms with Crippen LogP contribution in [0.2, 0.25) is 0 Å². The van der Waals surface area contributed by atoms with Gasteiger partial charge in [0.15, 0.2) is 0 Å². The molecule has 1 heterocycles. The maximum absolute atomic E-state index is 12.1. The molecule has 124 valence electrons. The van der Waals surface area contributed by atoms with Gasteiger partial charge in [-0.3, -0.25) is 4.79 Å². The van der Waals surface area contributed by atoms with Crippen molar-refractivity contribution in [3.8, 4) is 0 Å². The molecule has 0 spiro atoms. The number of carbonyl (C=O) groups excluding carboxylic acids is 1. The minimum Gasteiger partial charge on any atom is -0.340 e. The summed E-state index contributed by atoms with van der Waals surface area (Å²) < 4.78 is 25.4. The quantitative estimate of drug-likeness (QED) is 0.667. The second kappa shape index (κ2) is 8.70. The molecule has 1 rings (SSSR count). The molecule has 0 bridgehead atoms. The molecular weight excluding hydrogens is 290 g/mol. The van der Waals surface area contributed by atoms with Gasteiger partial charge >= 0.3 is 0 Å². The predicted octanol–water partition coefficient (Wildman–Crippen LogP) is 0.649. The molecule has 21 heavy (non-hydrogen) atoms. The van der Waals surface area contributed by atoms with Crippen LogP contribution >= 0.6 is 0 Å². The van der Waals surface area contributed by atoms with Gasteiger partial charge in [0.2, 0.25) is 15.9 Å². The van der Waals surface area contributed by atoms with Crippen LogP contribution in [0.1, 0.15) is 40.0 Å². The molecule has 0 aromatic carbocycles. The Hall–Kier alpha value is -0.660. The Morgan fingerprint density at radius 1 is 1.19 bits per heavy atom. The van der Waals surface area contributed by atoms with E-state index < -0.39 is 10.0 Å². The van der Waals surface area contributed by atoms with Gasteiger partial charge in [0.1, 0.15) is 0 Å². The molecule has 0 saturated carbocycles. The van der Waals surface area contributed by atoms with Gasteiger partial charge in [-0.2, -0.15) is 4.31 Å². The van der Waals surface area contributed by atoms with Gasteiger partial charge in [-0.05, 0) is 19.4 Å². The van der Waals surface area contributed by atoms with Crippen LogP contribution in [0.15, 0.2) is 0 Å². The molecule has 1 amide bonds. The van der Waals surface area contributed by atoms with Crippen LogP contribution < -0.4 is 5.32 Å². The second-order valence-corrected chi connectivity index (χ2v) is 7.90. The Morgan fingerprint density at radius 3 is 2.33 bits per heavy atom. The summed E-state index contributed by atoms with van der Waals surface area (Å²) in [4.78, 5) is 13.8. The summed E-state index contributed by atoms with van der Waals surface area (Å²) in [5.41, 5.74) is 0. The van der Waals surface area contributed by atoms with E-state index in [9.17, 15) is 13.2 Å². The highest BCUT2D eigenvalue weighted by Crippen LogP contribution is 2.10. The minimum atomic E-state index is -3.13. The monoisotopic (exact) mass is 319 g/mol. The molecule has 0 aromatic heterocycles. The average Bonchev–Trinajstić information content (AvgIpc) is 2.43. The van der Waals surface area contributed by atoms with Gasteiger partial charge in [-0.25, -0.2) is 8.42 Å². The lowest BCUT2D eigenvalue weighted by atomic mass is 10.2. The van der Waals surface area contributed by atoms with E-state index in [1.807, 2.05) is 6.92 Å². The molecule has 0 aromatic rings. The molecule has 0 aliphatic carbocycles. The molecule has 1 saturated heterocycles. The zero-order chi connectivity index (χ0) is 15.9. The number of piperazine rings is 1. The first kappa shape index (κ1) is 18.4. The fraction of sp³-hybridized carbons (Fsp3) is 0.929. The first-order valence-electron chi connectivity index (χ1n) is 7.85. The topological polar surface area (TPSA) is 69.7 Å². The third-order valence-electron chi connectivity index (χ3n) is 3.57. The van der Waals surface area contributed by atoms with E-state index in [2.05, 4.69) is 19.2 Å². The normalized spacial score (nSPS) is 17.4. The van der Waals surface area contributed by atoms with Crippen LogP contribution in [-0.2, 0) is 14.8 Å². The smallest absolute Gasteiger partial charge is 0.222 e. The van der Waals surface area contributed by atoms with Crippen LogP contribution in [-0.4, -0.2) is 68.0 Å². The van der Waals surface area contributed by atoms with Crippen molar-refractivity contribution in [2.75, 3.05) is 38.5 Å². The van der Waals surface area contributed by atoms with E-state index in [4.69, 9.17) is 0 Å². The molecule has 1 fully saturated rings. The molecule has 6 nitrogen and oxygen atoms in total. The fourth-order valence-electron chi connectivity index (χ4n) is 2.39. The van der Waals surface area contributed by atoms with Gasteiger partial charge in [0.25, 0.3) is 0 Å². The highest BCUT2D eigenvalue weighted by Gasteiger charge is 2.27. The van der Waals surface area contributed by atoms with Crippen molar-refractivity contribution in [3.63, 3.8) is 0 Å². The molecule has 1 aliphatic heterocycles. The Labute approximate surface area is 128 Å². The van der Waals surface area contributed by atoms with Crippen LogP contribution in [0, 0.1) is 0 Å². The van der Waals surface area contributed by atoms with E-state index in [-0.39, 0.29) is 11.7 Å². The zero-order valence-electron chi connectivity index (χ0n) is 13.5. The molecule has 0 radical (unpaired) electrons. The number of hydrogen-bond donors (Lipinski definition) is 1. The summed E-state index contributed by atoms with van der Waals surface area (Å²) in [7, 11) is -3.13. The van der Waals surface area contributed by atoms with Gasteiger partial charge < -0.3 is 10.2 Å². The Bertz CT molecular complexity index is 415. The van der Waals surface area contributed by atoms with E-state index in [0.29, 0.717) is 45.1 Å². The first-order chi connectivity index (χ1) is 9.86. The van der Waals surface area contributed by atoms with Crippen LogP contribution in [0.3, 0.4) is 0 Å². The van der Waals surface area contributed by atoms with Gasteiger partial charge in [0.05, 0.1) is 5.75 Å². The van der Waals surface area contributed by atoms with Crippen molar-refractivity contribution in [2.45, 2.75) is 46.1 Å². The van der Waals surface area contributed by atoms with Crippen molar-refractivity contribution in [1.29, 1.82) is 0 Å². The lowest BCUT2D eigenvalue weighted by Gasteiger charge is -2.34. The van der Waals surface area contributed by atoms with Crippen molar-refractivity contribution >= 4 is 15.9 Å². The summed E-state index contributed by atoms with van der Waals surface area (Å²) in [5, 5.41) is 3.29. The van der Waals surface area contributed by atoms with E-state index in [1.54, 1.807) is 4.90 Å². The maximum atomic E-state index is 12.1. The van der Waals surface area contributed by atoms with E-state index >= 15 is 0 Å². The van der Waals surface area contributed by atoms with Crippen LogP contribution in [0.4, 0.5) is 0 Å². The third kappa shape index (κ3) is 6.32. The number of amides is 1. The predicted molar refractivity (Wildman–Crippen MR) is 84.6 cm³/mol. The molecule has 0 atom stereocenters. The number of carbonyl (C=O) groups is 1. The SMILES string of the molecule is CCCS(=O)(=O)N1CCN(C(=O)CCCNC(C)C)CC1. The lowest BCUT2D eigenvalue weighted by Crippen LogP contribution is -2.51. The Balaban J connectivity index is 2.30. The molecular formula is C14H29N3O3S. The molecule has 1 N–H and O–H groups in total. The second-order valence-electron chi connectivity index (χ2n) is 5.81. The fourth-order valence-corrected chi connectivity index (χ4v) is 3.88. The van der Waals surface area contributed by atoms with Crippen LogP contribution in [0.5, 0.6) is 0 Å². The summed E-state index contributed by atoms with van der Waals surface area (Å²) in [6.45, 7) is 8.75. The third-order valence-corrected chi connectivity index (χ3v) is 5.64. The molecule has 0 unspecified atom stereocenters. The summed E-state index contributed by atoms with van der Waals surface area (Å²) in [6.07, 6.45) is 1.98. The van der Waals surface area contributed by atoms with Gasteiger partial charge in [-0.15, -0.1) is 0 Å². The van der Waals surface area contributed by atoms with Crippen molar-refractivity contribution < 1.29 is 13.2 Å². The number of nitrogens with zero attached hydrogens (tertiary/aromatic N) is 2. The highest BCUT2D eigenvalue weighted by molar-refractivity contribution is 7.89. The summed E-state index contributed by atoms with van der Waals surface area (Å²) >= 11 is 0. The average molecular weight is 319 g/mol. The molecule has 1 aliphatic rings. The zero-order valence-corrected chi connectivity index (χ0v) is 14.3. The minimum absolute atomic E-state index is 0.132. The van der Waals surface area contributed by atoms with Crippen LogP contribution in [0.25, 0.3) is 0 Å². The van der Waals surface area contributed by atoms with Gasteiger partial charge in [0, 0.05) is 38.6 Å². The summed E-state index contributed by atoms with van der Waals surface area (Å²) in [6, 6.07) is 0.437. The standard InChI is InChI=1S/C14H29N3O3S/c1-4-12-21(19,20)17-10-8-16(9-11-17)14(18)6-5-7-15-13(2)3/h13,15H,4-12H2,1-3H3. The van der Waals surface area contributed by atoms with E-state index in [1.165, 1.54) is 4.31 Å². The first-order valence-corrected chi connectivity index (χ1v) is 9.46. The lowest BCUT2D eigenvalue weighted by molar-refractivity contribution is -0.132. The van der Waals surface area contributed by atoms with Crippen molar-refractivity contribution in [2.24, 2.45) is 0 Å². The highest BCUT2D eigenvalue weighted by atomic mass is 32.2. The van der Waals surface area contributed by atoms with E-state index in [0.717, 1.165) is 13.0 Å². The Kier molecular flexibility index (Phi) is 7.62. The number of sulfonamides is 1. The molecule has 7 heteroatoms. The van der Waals surface area contributed by atoms with Crippen molar-refractivity contribution in [3.05, 3.63) is 0 Å². The van der Waals surface area contributed by atoms with Gasteiger partial charge in [-0.1, -0.05) is 20.8 Å². The largest absolute Gasteiger partial charge is 0.340 e. The van der Waals surface area contributed by atoms with Crippen molar-refractivity contribution in [1.82, 2.24) is 14.5 Å².